The molecular weight excluding hydrogens is 603 g/mol. The summed E-state index contributed by atoms with van der Waals surface area (Å²) < 4.78 is 37.0. The van der Waals surface area contributed by atoms with Gasteiger partial charge in [-0.1, -0.05) is 44.9 Å². The number of fused-ring (bicyclic) bond motifs is 1. The first-order valence-corrected chi connectivity index (χ1v) is 16.5. The highest BCUT2D eigenvalue weighted by Gasteiger charge is 2.47. The van der Waals surface area contributed by atoms with Gasteiger partial charge in [0.05, 0.1) is 26.2 Å². The number of methoxy groups -OCH3 is 1. The summed E-state index contributed by atoms with van der Waals surface area (Å²) in [5.41, 5.74) is 1.93. The highest BCUT2D eigenvalue weighted by molar-refractivity contribution is 5.95. The number of carboxylic acid groups (broad SMARTS) is 1. The van der Waals surface area contributed by atoms with E-state index in [1.165, 1.54) is 6.07 Å². The Hall–Kier alpha value is -4.31. The number of carbonyl (C=O) groups is 2. The third-order valence-electron chi connectivity index (χ3n) is 9.23. The van der Waals surface area contributed by atoms with Gasteiger partial charge in [-0.15, -0.1) is 0 Å². The van der Waals surface area contributed by atoms with Crippen molar-refractivity contribution in [2.75, 3.05) is 38.5 Å². The van der Waals surface area contributed by atoms with Crippen molar-refractivity contribution < 1.29 is 38.0 Å². The van der Waals surface area contributed by atoms with Crippen LogP contribution in [0, 0.1) is 18.7 Å². The van der Waals surface area contributed by atoms with Crippen LogP contribution in [-0.4, -0.2) is 67.6 Å². The Morgan fingerprint density at radius 3 is 2.43 bits per heavy atom. The van der Waals surface area contributed by atoms with E-state index in [1.54, 1.807) is 32.2 Å². The third kappa shape index (κ3) is 7.64. The normalized spacial score (nSPS) is 18.8. The van der Waals surface area contributed by atoms with E-state index < -0.39 is 23.8 Å². The summed E-state index contributed by atoms with van der Waals surface area (Å²) in [5.74, 6) is -0.277. The van der Waals surface area contributed by atoms with Crippen molar-refractivity contribution in [2.45, 2.75) is 70.9 Å². The van der Waals surface area contributed by atoms with E-state index in [-0.39, 0.29) is 37.7 Å². The maximum atomic E-state index is 14.4. The van der Waals surface area contributed by atoms with Gasteiger partial charge in [0.1, 0.15) is 5.82 Å². The molecule has 3 aromatic carbocycles. The van der Waals surface area contributed by atoms with E-state index in [0.717, 1.165) is 31.2 Å². The Labute approximate surface area is 276 Å². The van der Waals surface area contributed by atoms with E-state index in [4.69, 9.17) is 18.9 Å². The summed E-state index contributed by atoms with van der Waals surface area (Å²) in [6.45, 7) is 6.57. The quantitative estimate of drug-likeness (QED) is 0.192. The molecule has 0 spiro atoms. The first-order valence-electron chi connectivity index (χ1n) is 16.5. The highest BCUT2D eigenvalue weighted by Crippen LogP contribution is 2.43. The molecule has 252 valence electrons. The molecule has 0 radical (unpaired) electrons. The van der Waals surface area contributed by atoms with E-state index in [9.17, 15) is 19.1 Å². The molecule has 1 fully saturated rings. The molecule has 2 aliphatic rings. The summed E-state index contributed by atoms with van der Waals surface area (Å²) in [6, 6.07) is 17.1. The second-order valence-electron chi connectivity index (χ2n) is 12.3. The minimum atomic E-state index is -0.939. The van der Waals surface area contributed by atoms with Crippen molar-refractivity contribution in [1.29, 1.82) is 0 Å². The number of rotatable bonds is 15. The minimum absolute atomic E-state index is 0.00447. The second-order valence-corrected chi connectivity index (χ2v) is 12.3. The van der Waals surface area contributed by atoms with Gasteiger partial charge in [0, 0.05) is 30.2 Å². The molecule has 9 nitrogen and oxygen atoms in total. The third-order valence-corrected chi connectivity index (χ3v) is 9.23. The lowest BCUT2D eigenvalue weighted by molar-refractivity contribution is -0.143. The molecule has 0 aromatic heterocycles. The number of amides is 1. The summed E-state index contributed by atoms with van der Waals surface area (Å²) in [4.78, 5) is 31.3. The van der Waals surface area contributed by atoms with Gasteiger partial charge in [0.25, 0.3) is 0 Å². The molecule has 1 amide bonds. The highest BCUT2D eigenvalue weighted by atomic mass is 19.1. The fraction of sp³-hybridized carbons (Fsp3) is 0.459. The number of halogens is 1. The van der Waals surface area contributed by atoms with Crippen LogP contribution in [0.4, 0.5) is 10.1 Å². The lowest BCUT2D eigenvalue weighted by atomic mass is 9.84. The minimum Gasteiger partial charge on any atom is -0.493 e. The maximum Gasteiger partial charge on any atom is 0.308 e. The van der Waals surface area contributed by atoms with Crippen LogP contribution in [-0.2, 0) is 9.59 Å². The molecule has 3 aromatic rings. The van der Waals surface area contributed by atoms with E-state index in [0.29, 0.717) is 47.2 Å². The van der Waals surface area contributed by atoms with Crippen molar-refractivity contribution in [3.05, 3.63) is 77.6 Å². The maximum absolute atomic E-state index is 14.4. The molecule has 2 aliphatic heterocycles. The van der Waals surface area contributed by atoms with E-state index in [2.05, 4.69) is 13.8 Å². The fourth-order valence-corrected chi connectivity index (χ4v) is 7.02. The number of para-hydroxylation sites is 2. The van der Waals surface area contributed by atoms with Crippen LogP contribution in [0.2, 0.25) is 0 Å². The molecule has 0 bridgehead atoms. The lowest BCUT2D eigenvalue weighted by Gasteiger charge is -2.35. The van der Waals surface area contributed by atoms with Crippen molar-refractivity contribution in [3.8, 4) is 23.0 Å². The predicted octanol–water partition coefficient (Wildman–Crippen LogP) is 6.81. The largest absolute Gasteiger partial charge is 0.493 e. The molecule has 1 N–H and O–H groups in total. The average Bonchev–Trinajstić information content (AvgIpc) is 3.67. The van der Waals surface area contributed by atoms with Gasteiger partial charge in [-0.2, -0.15) is 0 Å². The molecule has 47 heavy (non-hydrogen) atoms. The zero-order valence-electron chi connectivity index (χ0n) is 27.6. The average molecular weight is 649 g/mol. The van der Waals surface area contributed by atoms with Crippen LogP contribution < -0.4 is 23.8 Å². The second kappa shape index (κ2) is 15.5. The number of aryl methyl sites for hydroxylation is 1. The van der Waals surface area contributed by atoms with Gasteiger partial charge in [0.15, 0.2) is 23.0 Å². The Kier molecular flexibility index (Phi) is 11.2. The molecular formula is C37H45FN2O7. The first-order chi connectivity index (χ1) is 22.7. The number of nitrogens with zero attached hydrogens (tertiary/aromatic N) is 2. The topological polar surface area (TPSA) is 97.8 Å². The molecule has 0 unspecified atom stereocenters. The smallest absolute Gasteiger partial charge is 0.308 e. The predicted molar refractivity (Wildman–Crippen MR) is 177 cm³/mol. The number of carboxylic acids is 1. The van der Waals surface area contributed by atoms with Crippen LogP contribution in [0.5, 0.6) is 23.0 Å². The lowest BCUT2D eigenvalue weighted by Crippen LogP contribution is -2.48. The van der Waals surface area contributed by atoms with E-state index in [1.807, 2.05) is 46.2 Å². The Bertz CT molecular complexity index is 1540. The van der Waals surface area contributed by atoms with Gasteiger partial charge in [-0.25, -0.2) is 4.39 Å². The van der Waals surface area contributed by atoms with Gasteiger partial charge in [-0.05, 0) is 79.8 Å². The van der Waals surface area contributed by atoms with Gasteiger partial charge < -0.3 is 29.0 Å². The van der Waals surface area contributed by atoms with E-state index >= 15 is 0 Å². The van der Waals surface area contributed by atoms with Crippen molar-refractivity contribution in [3.63, 3.8) is 0 Å². The molecule has 0 saturated carbocycles. The molecule has 1 saturated heterocycles. The number of likely N-dealkylation sites (tertiary alicyclic amines) is 1. The zero-order chi connectivity index (χ0) is 33.5. The van der Waals surface area contributed by atoms with Crippen LogP contribution in [0.3, 0.4) is 0 Å². The SMILES string of the molecule is CCCC(CCC)N(C(=O)CN1C[C@H](c2ccc3c(c2)OCO3)[C@@H](C(=O)O)[C@@H]1CCOc1ccccc1OC)c1ccc(F)c(C)c1. The number of ether oxygens (including phenoxy) is 4. The Morgan fingerprint density at radius 2 is 1.74 bits per heavy atom. The molecule has 10 heteroatoms. The van der Waals surface area contributed by atoms with Crippen molar-refractivity contribution >= 4 is 17.6 Å². The standard InChI is InChI=1S/C37H45FN2O7/c1-5-9-26(10-6-2)40(27-14-15-29(38)24(3)19-27)35(41)22-39-21-28(25-13-16-33-34(20-25)47-23-46-33)36(37(42)43)30(39)17-18-45-32-12-8-7-11-31(32)44-4/h7-8,11-16,19-20,26,28,30,36H,5-6,9-10,17-18,21-23H2,1-4H3,(H,42,43)/t28-,30+,36-/m1/s1. The van der Waals surface area contributed by atoms with Crippen LogP contribution in [0.1, 0.15) is 63.0 Å². The van der Waals surface area contributed by atoms with Crippen molar-refractivity contribution in [1.82, 2.24) is 4.90 Å². The summed E-state index contributed by atoms with van der Waals surface area (Å²) >= 11 is 0. The molecule has 0 aliphatic carbocycles. The van der Waals surface area contributed by atoms with Crippen molar-refractivity contribution in [2.24, 2.45) is 5.92 Å². The molecule has 3 atom stereocenters. The number of aliphatic carboxylic acids is 1. The van der Waals surface area contributed by atoms with Crippen LogP contribution in [0.15, 0.2) is 60.7 Å². The van der Waals surface area contributed by atoms with Crippen LogP contribution >= 0.6 is 0 Å². The van der Waals surface area contributed by atoms with Crippen LogP contribution in [0.25, 0.3) is 0 Å². The number of anilines is 1. The number of hydrogen-bond acceptors (Lipinski definition) is 7. The Morgan fingerprint density at radius 1 is 1.02 bits per heavy atom. The number of benzene rings is 3. The summed E-state index contributed by atoms with van der Waals surface area (Å²) in [6.07, 6.45) is 3.73. The van der Waals surface area contributed by atoms with Gasteiger partial charge in [-0.3, -0.25) is 14.5 Å². The van der Waals surface area contributed by atoms with Gasteiger partial charge >= 0.3 is 5.97 Å². The summed E-state index contributed by atoms with van der Waals surface area (Å²) in [7, 11) is 1.57. The fourth-order valence-electron chi connectivity index (χ4n) is 7.02. The summed E-state index contributed by atoms with van der Waals surface area (Å²) in [5, 5.41) is 10.7. The number of carbonyl (C=O) groups excluding carboxylic acids is 1. The Balaban J connectivity index is 1.47. The first kappa shape index (κ1) is 34.0. The molecule has 2 heterocycles. The number of hydrogen-bond donors (Lipinski definition) is 1. The zero-order valence-corrected chi connectivity index (χ0v) is 27.6. The molecule has 5 rings (SSSR count). The monoisotopic (exact) mass is 648 g/mol. The van der Waals surface area contributed by atoms with Gasteiger partial charge in [0.2, 0.25) is 12.7 Å².